The van der Waals surface area contributed by atoms with Gasteiger partial charge in [0.15, 0.2) is 5.65 Å². The molecule has 0 bridgehead atoms. The normalized spacial score (nSPS) is 11.0. The number of aromatic nitrogens is 3. The predicted molar refractivity (Wildman–Crippen MR) is 74.7 cm³/mol. The summed E-state index contributed by atoms with van der Waals surface area (Å²) in [7, 11) is 0. The van der Waals surface area contributed by atoms with E-state index in [1.165, 1.54) is 11.1 Å². The lowest BCUT2D eigenvalue weighted by Crippen LogP contribution is -1.97. The van der Waals surface area contributed by atoms with Crippen LogP contribution in [-0.2, 0) is 6.42 Å². The quantitative estimate of drug-likeness (QED) is 0.726. The summed E-state index contributed by atoms with van der Waals surface area (Å²) in [5.41, 5.74) is 3.31. The zero-order valence-corrected chi connectivity index (χ0v) is 11.6. The van der Waals surface area contributed by atoms with Gasteiger partial charge < -0.3 is 0 Å². The summed E-state index contributed by atoms with van der Waals surface area (Å²) >= 11 is 3.56. The molecule has 0 unspecified atom stereocenters. The Morgan fingerprint density at radius 3 is 2.78 bits per heavy atom. The molecule has 4 heteroatoms. The molecule has 0 amide bonds. The van der Waals surface area contributed by atoms with Crippen molar-refractivity contribution in [2.75, 3.05) is 0 Å². The minimum Gasteiger partial charge on any atom is -0.286 e. The number of fused-ring (bicyclic) bond motifs is 1. The highest BCUT2D eigenvalue weighted by Gasteiger charge is 2.08. The minimum atomic E-state index is 0.770. The fourth-order valence-electron chi connectivity index (χ4n) is 1.98. The Labute approximate surface area is 114 Å². The lowest BCUT2D eigenvalue weighted by Gasteiger charge is -2.03. The monoisotopic (exact) mass is 301 g/mol. The van der Waals surface area contributed by atoms with Gasteiger partial charge in [-0.3, -0.25) is 4.40 Å². The SMILES string of the molecule is Cc1ccc2nnc(Cc3ccccc3Br)n2c1. The molecule has 0 aliphatic carbocycles. The first-order valence-electron chi connectivity index (χ1n) is 5.78. The van der Waals surface area contributed by atoms with Gasteiger partial charge in [0, 0.05) is 17.1 Å². The van der Waals surface area contributed by atoms with E-state index in [9.17, 15) is 0 Å². The topological polar surface area (TPSA) is 30.2 Å². The van der Waals surface area contributed by atoms with Crippen LogP contribution in [0.2, 0.25) is 0 Å². The van der Waals surface area contributed by atoms with Crippen LogP contribution in [0.15, 0.2) is 47.1 Å². The number of halogens is 1. The van der Waals surface area contributed by atoms with Crippen LogP contribution < -0.4 is 0 Å². The van der Waals surface area contributed by atoms with Gasteiger partial charge in [0.25, 0.3) is 0 Å². The van der Waals surface area contributed by atoms with E-state index in [1.54, 1.807) is 0 Å². The van der Waals surface area contributed by atoms with E-state index < -0.39 is 0 Å². The minimum absolute atomic E-state index is 0.770. The molecule has 18 heavy (non-hydrogen) atoms. The molecule has 0 N–H and O–H groups in total. The van der Waals surface area contributed by atoms with Crippen LogP contribution in [0.25, 0.3) is 5.65 Å². The number of benzene rings is 1. The van der Waals surface area contributed by atoms with Crippen LogP contribution in [0.5, 0.6) is 0 Å². The van der Waals surface area contributed by atoms with E-state index in [1.807, 2.05) is 30.3 Å². The second-order valence-electron chi connectivity index (χ2n) is 4.32. The van der Waals surface area contributed by atoms with Crippen molar-refractivity contribution in [1.29, 1.82) is 0 Å². The Hall–Kier alpha value is -1.68. The molecule has 0 aliphatic rings. The molecule has 2 aromatic heterocycles. The smallest absolute Gasteiger partial charge is 0.160 e. The molecular weight excluding hydrogens is 290 g/mol. The van der Waals surface area contributed by atoms with E-state index in [2.05, 4.69) is 49.7 Å². The van der Waals surface area contributed by atoms with Crippen molar-refractivity contribution in [2.24, 2.45) is 0 Å². The molecule has 3 rings (SSSR count). The highest BCUT2D eigenvalue weighted by atomic mass is 79.9. The van der Waals surface area contributed by atoms with Crippen molar-refractivity contribution in [3.8, 4) is 0 Å². The van der Waals surface area contributed by atoms with Gasteiger partial charge in [-0.25, -0.2) is 0 Å². The Balaban J connectivity index is 2.05. The molecule has 0 radical (unpaired) electrons. The highest BCUT2D eigenvalue weighted by Crippen LogP contribution is 2.19. The van der Waals surface area contributed by atoms with Crippen LogP contribution in [0, 0.1) is 6.92 Å². The highest BCUT2D eigenvalue weighted by molar-refractivity contribution is 9.10. The van der Waals surface area contributed by atoms with Crippen LogP contribution in [-0.4, -0.2) is 14.6 Å². The molecule has 2 heterocycles. The Morgan fingerprint density at radius 2 is 1.94 bits per heavy atom. The molecule has 0 saturated carbocycles. The lowest BCUT2D eigenvalue weighted by molar-refractivity contribution is 0.928. The number of pyridine rings is 1. The number of aryl methyl sites for hydroxylation is 1. The summed E-state index contributed by atoms with van der Waals surface area (Å²) < 4.78 is 3.16. The van der Waals surface area contributed by atoms with E-state index in [0.29, 0.717) is 0 Å². The second kappa shape index (κ2) is 4.53. The molecular formula is C14H12BrN3. The maximum atomic E-state index is 4.26. The van der Waals surface area contributed by atoms with Gasteiger partial charge in [-0.1, -0.05) is 40.2 Å². The van der Waals surface area contributed by atoms with Crippen LogP contribution in [0.1, 0.15) is 17.0 Å². The Morgan fingerprint density at radius 1 is 1.11 bits per heavy atom. The molecule has 90 valence electrons. The summed E-state index contributed by atoms with van der Waals surface area (Å²) in [6.07, 6.45) is 2.84. The molecule has 0 saturated heterocycles. The number of nitrogens with zero attached hydrogens (tertiary/aromatic N) is 3. The van der Waals surface area contributed by atoms with Gasteiger partial charge in [-0.2, -0.15) is 0 Å². The molecule has 0 aliphatic heterocycles. The van der Waals surface area contributed by atoms with Crippen molar-refractivity contribution < 1.29 is 0 Å². The largest absolute Gasteiger partial charge is 0.286 e. The lowest BCUT2D eigenvalue weighted by atomic mass is 10.1. The molecule has 1 aromatic carbocycles. The number of rotatable bonds is 2. The molecule has 0 fully saturated rings. The van der Waals surface area contributed by atoms with E-state index in [0.717, 1.165) is 22.4 Å². The first kappa shape index (κ1) is 11.4. The van der Waals surface area contributed by atoms with Gasteiger partial charge in [0.1, 0.15) is 5.82 Å². The molecule has 0 spiro atoms. The number of hydrogen-bond donors (Lipinski definition) is 0. The summed E-state index contributed by atoms with van der Waals surface area (Å²) in [5, 5.41) is 8.45. The van der Waals surface area contributed by atoms with Gasteiger partial charge in [0.05, 0.1) is 0 Å². The van der Waals surface area contributed by atoms with Gasteiger partial charge >= 0.3 is 0 Å². The predicted octanol–water partition coefficient (Wildman–Crippen LogP) is 3.39. The molecule has 3 aromatic rings. The van der Waals surface area contributed by atoms with Crippen molar-refractivity contribution in [3.05, 3.63) is 64.0 Å². The third-order valence-corrected chi connectivity index (χ3v) is 3.70. The molecule has 3 nitrogen and oxygen atoms in total. The maximum absolute atomic E-state index is 4.26. The average Bonchev–Trinajstić information content (AvgIpc) is 2.75. The van der Waals surface area contributed by atoms with Crippen LogP contribution >= 0.6 is 15.9 Å². The van der Waals surface area contributed by atoms with E-state index in [4.69, 9.17) is 0 Å². The average molecular weight is 302 g/mol. The first-order chi connectivity index (χ1) is 8.74. The second-order valence-corrected chi connectivity index (χ2v) is 5.17. The van der Waals surface area contributed by atoms with Crippen molar-refractivity contribution in [3.63, 3.8) is 0 Å². The third-order valence-electron chi connectivity index (χ3n) is 2.93. The van der Waals surface area contributed by atoms with Crippen LogP contribution in [0.3, 0.4) is 0 Å². The zero-order chi connectivity index (χ0) is 12.5. The van der Waals surface area contributed by atoms with Gasteiger partial charge in [-0.15, -0.1) is 10.2 Å². The van der Waals surface area contributed by atoms with E-state index >= 15 is 0 Å². The summed E-state index contributed by atoms with van der Waals surface area (Å²) in [6.45, 7) is 2.07. The van der Waals surface area contributed by atoms with Gasteiger partial charge in [0.2, 0.25) is 0 Å². The van der Waals surface area contributed by atoms with Crippen molar-refractivity contribution in [2.45, 2.75) is 13.3 Å². The summed E-state index contributed by atoms with van der Waals surface area (Å²) in [5.74, 6) is 0.959. The zero-order valence-electron chi connectivity index (χ0n) is 9.97. The Kier molecular flexibility index (Phi) is 2.88. The molecule has 0 atom stereocenters. The fraction of sp³-hybridized carbons (Fsp3) is 0.143. The van der Waals surface area contributed by atoms with Crippen LogP contribution in [0.4, 0.5) is 0 Å². The fourth-order valence-corrected chi connectivity index (χ4v) is 2.40. The maximum Gasteiger partial charge on any atom is 0.160 e. The van der Waals surface area contributed by atoms with Crippen molar-refractivity contribution >= 4 is 21.6 Å². The summed E-state index contributed by atoms with van der Waals surface area (Å²) in [4.78, 5) is 0. The van der Waals surface area contributed by atoms with E-state index in [-0.39, 0.29) is 0 Å². The first-order valence-corrected chi connectivity index (χ1v) is 6.57. The summed E-state index contributed by atoms with van der Waals surface area (Å²) in [6, 6.07) is 12.2. The Bertz CT molecular complexity index is 703. The van der Waals surface area contributed by atoms with Gasteiger partial charge in [-0.05, 0) is 30.2 Å². The number of hydrogen-bond acceptors (Lipinski definition) is 2. The standard InChI is InChI=1S/C14H12BrN3/c1-10-6-7-13-16-17-14(18(13)9-10)8-11-4-2-3-5-12(11)15/h2-7,9H,8H2,1H3. The third kappa shape index (κ3) is 2.04. The van der Waals surface area contributed by atoms with Crippen molar-refractivity contribution in [1.82, 2.24) is 14.6 Å².